The third-order valence-corrected chi connectivity index (χ3v) is 3.40. The fourth-order valence-electron chi connectivity index (χ4n) is 2.20. The Bertz CT molecular complexity index is 528. The van der Waals surface area contributed by atoms with Crippen molar-refractivity contribution in [1.29, 1.82) is 0 Å². The number of hydrogen-bond acceptors (Lipinski definition) is 4. The van der Waals surface area contributed by atoms with Crippen LogP contribution in [0.3, 0.4) is 0 Å². The molecule has 0 radical (unpaired) electrons. The van der Waals surface area contributed by atoms with E-state index in [-0.39, 0.29) is 6.61 Å². The largest absolute Gasteiger partial charge is 0.394 e. The van der Waals surface area contributed by atoms with Gasteiger partial charge in [-0.3, -0.25) is 0 Å². The molecule has 3 N–H and O–H groups in total. The molecule has 4 heteroatoms. The number of hydrogen-bond donors (Lipinski definition) is 3. The van der Waals surface area contributed by atoms with Crippen molar-refractivity contribution in [3.05, 3.63) is 60.2 Å². The van der Waals surface area contributed by atoms with Gasteiger partial charge in [-0.25, -0.2) is 0 Å². The summed E-state index contributed by atoms with van der Waals surface area (Å²) in [6.07, 6.45) is -0.539. The van der Waals surface area contributed by atoms with Gasteiger partial charge >= 0.3 is 0 Å². The molecule has 118 valence electrons. The minimum atomic E-state index is -0.539. The van der Waals surface area contributed by atoms with Gasteiger partial charge in [0.05, 0.1) is 25.9 Å². The Kier molecular flexibility index (Phi) is 7.06. The van der Waals surface area contributed by atoms with Crippen molar-refractivity contribution >= 4 is 0 Å². The van der Waals surface area contributed by atoms with Gasteiger partial charge in [0, 0.05) is 13.1 Å². The number of ether oxygens (including phenoxy) is 1. The Balaban J connectivity index is 1.80. The summed E-state index contributed by atoms with van der Waals surface area (Å²) in [4.78, 5) is 0. The van der Waals surface area contributed by atoms with E-state index in [1.807, 2.05) is 42.5 Å². The molecule has 0 spiro atoms. The molecule has 4 nitrogen and oxygen atoms in total. The lowest BCUT2D eigenvalue weighted by molar-refractivity contribution is 0.0910. The number of benzene rings is 2. The molecular formula is C18H23NO3. The van der Waals surface area contributed by atoms with E-state index in [1.54, 1.807) is 0 Å². The molecule has 0 amide bonds. The molecule has 1 atom stereocenters. The summed E-state index contributed by atoms with van der Waals surface area (Å²) in [6.45, 7) is 2.05. The Morgan fingerprint density at radius 1 is 0.909 bits per heavy atom. The molecule has 0 bridgehead atoms. The van der Waals surface area contributed by atoms with Crippen molar-refractivity contribution < 1.29 is 14.9 Å². The summed E-state index contributed by atoms with van der Waals surface area (Å²) in [6, 6.07) is 18.1. The van der Waals surface area contributed by atoms with Crippen LogP contribution in [0.4, 0.5) is 0 Å². The average molecular weight is 301 g/mol. The maximum atomic E-state index is 10.1. The van der Waals surface area contributed by atoms with Crippen LogP contribution in [0.2, 0.25) is 0 Å². The molecule has 0 aliphatic rings. The van der Waals surface area contributed by atoms with Crippen LogP contribution < -0.4 is 5.32 Å². The Hall–Kier alpha value is -1.72. The molecule has 0 aliphatic heterocycles. The molecule has 2 rings (SSSR count). The van der Waals surface area contributed by atoms with Gasteiger partial charge < -0.3 is 20.3 Å². The number of aliphatic hydroxyl groups excluding tert-OH is 2. The zero-order chi connectivity index (χ0) is 15.6. The summed E-state index contributed by atoms with van der Waals surface area (Å²) in [7, 11) is 0. The van der Waals surface area contributed by atoms with Crippen LogP contribution in [0.1, 0.15) is 11.7 Å². The minimum Gasteiger partial charge on any atom is -0.394 e. The van der Waals surface area contributed by atoms with E-state index in [2.05, 4.69) is 17.4 Å². The predicted molar refractivity (Wildman–Crippen MR) is 87.6 cm³/mol. The van der Waals surface area contributed by atoms with Gasteiger partial charge in [0.2, 0.25) is 0 Å². The van der Waals surface area contributed by atoms with Gasteiger partial charge in [0.1, 0.15) is 0 Å². The van der Waals surface area contributed by atoms with Crippen molar-refractivity contribution in [1.82, 2.24) is 5.32 Å². The van der Waals surface area contributed by atoms with Gasteiger partial charge in [0.15, 0.2) is 0 Å². The van der Waals surface area contributed by atoms with Crippen molar-refractivity contribution in [2.75, 3.05) is 32.9 Å². The van der Waals surface area contributed by atoms with Crippen molar-refractivity contribution in [2.45, 2.75) is 6.10 Å². The first-order valence-electron chi connectivity index (χ1n) is 7.54. The summed E-state index contributed by atoms with van der Waals surface area (Å²) in [5.41, 5.74) is 3.20. The van der Waals surface area contributed by atoms with Gasteiger partial charge in [-0.1, -0.05) is 54.6 Å². The quantitative estimate of drug-likeness (QED) is 0.620. The molecule has 0 unspecified atom stereocenters. The molecule has 2 aromatic rings. The Morgan fingerprint density at radius 3 is 2.27 bits per heavy atom. The van der Waals surface area contributed by atoms with E-state index in [4.69, 9.17) is 9.84 Å². The lowest BCUT2D eigenvalue weighted by Crippen LogP contribution is -2.25. The highest BCUT2D eigenvalue weighted by Crippen LogP contribution is 2.21. The van der Waals surface area contributed by atoms with Crippen LogP contribution in [-0.4, -0.2) is 43.1 Å². The van der Waals surface area contributed by atoms with Crippen LogP contribution >= 0.6 is 0 Å². The molecule has 0 heterocycles. The predicted octanol–water partition coefficient (Wildman–Crippen LogP) is 1.99. The zero-order valence-electron chi connectivity index (χ0n) is 12.6. The molecule has 2 aromatic carbocycles. The van der Waals surface area contributed by atoms with Crippen molar-refractivity contribution in [3.8, 4) is 11.1 Å². The first kappa shape index (κ1) is 16.6. The monoisotopic (exact) mass is 301 g/mol. The number of aliphatic hydroxyl groups is 2. The first-order valence-corrected chi connectivity index (χ1v) is 7.54. The normalized spacial score (nSPS) is 12.3. The molecule has 22 heavy (non-hydrogen) atoms. The molecule has 0 saturated carbocycles. The van der Waals surface area contributed by atoms with E-state index >= 15 is 0 Å². The second-order valence-electron chi connectivity index (χ2n) is 5.04. The van der Waals surface area contributed by atoms with Crippen molar-refractivity contribution in [2.24, 2.45) is 0 Å². The summed E-state index contributed by atoms with van der Waals surface area (Å²) in [5.74, 6) is 0. The molecule has 0 aromatic heterocycles. The highest BCUT2D eigenvalue weighted by atomic mass is 16.5. The maximum Gasteiger partial charge on any atom is 0.0914 e. The molecular weight excluding hydrogens is 278 g/mol. The average Bonchev–Trinajstić information content (AvgIpc) is 2.59. The van der Waals surface area contributed by atoms with Crippen LogP contribution in [0.5, 0.6) is 0 Å². The molecule has 0 saturated heterocycles. The summed E-state index contributed by atoms with van der Waals surface area (Å²) >= 11 is 0. The Morgan fingerprint density at radius 2 is 1.59 bits per heavy atom. The first-order chi connectivity index (χ1) is 10.8. The van der Waals surface area contributed by atoms with Crippen LogP contribution in [-0.2, 0) is 4.74 Å². The minimum absolute atomic E-state index is 0.0381. The zero-order valence-corrected chi connectivity index (χ0v) is 12.6. The van der Waals surface area contributed by atoms with Gasteiger partial charge in [-0.05, 0) is 16.7 Å². The standard InChI is InChI=1S/C18H23NO3/c20-11-13-22-12-10-19-14-18(21)17-8-6-16(7-9-17)15-4-2-1-3-5-15/h1-9,18-21H,10-14H2/t18-/m0/s1. The van der Waals surface area contributed by atoms with E-state index < -0.39 is 6.10 Å². The lowest BCUT2D eigenvalue weighted by Gasteiger charge is -2.13. The second-order valence-corrected chi connectivity index (χ2v) is 5.04. The van der Waals surface area contributed by atoms with E-state index in [0.717, 1.165) is 11.1 Å². The van der Waals surface area contributed by atoms with Crippen LogP contribution in [0.25, 0.3) is 11.1 Å². The Labute approximate surface area is 131 Å². The third-order valence-electron chi connectivity index (χ3n) is 3.40. The SMILES string of the molecule is OCCOCCNC[C@H](O)c1ccc(-c2ccccc2)cc1. The fraction of sp³-hybridized carbons (Fsp3) is 0.333. The number of rotatable bonds is 9. The van der Waals surface area contributed by atoms with Crippen LogP contribution in [0, 0.1) is 0 Å². The molecule has 0 aliphatic carbocycles. The van der Waals surface area contributed by atoms with Crippen molar-refractivity contribution in [3.63, 3.8) is 0 Å². The van der Waals surface area contributed by atoms with Gasteiger partial charge in [0.25, 0.3) is 0 Å². The number of nitrogens with one attached hydrogen (secondary N) is 1. The fourth-order valence-corrected chi connectivity index (χ4v) is 2.20. The maximum absolute atomic E-state index is 10.1. The third kappa shape index (κ3) is 5.24. The highest BCUT2D eigenvalue weighted by Gasteiger charge is 2.07. The topological polar surface area (TPSA) is 61.7 Å². The summed E-state index contributed by atoms with van der Waals surface area (Å²) in [5, 5.41) is 21.9. The smallest absolute Gasteiger partial charge is 0.0914 e. The molecule has 0 fully saturated rings. The lowest BCUT2D eigenvalue weighted by atomic mass is 10.0. The van der Waals surface area contributed by atoms with Gasteiger partial charge in [-0.15, -0.1) is 0 Å². The second kappa shape index (κ2) is 9.33. The van der Waals surface area contributed by atoms with Gasteiger partial charge in [-0.2, -0.15) is 0 Å². The van der Waals surface area contributed by atoms with E-state index in [0.29, 0.717) is 26.3 Å². The highest BCUT2D eigenvalue weighted by molar-refractivity contribution is 5.63. The summed E-state index contributed by atoms with van der Waals surface area (Å²) < 4.78 is 5.14. The van der Waals surface area contributed by atoms with Crippen LogP contribution in [0.15, 0.2) is 54.6 Å². The van der Waals surface area contributed by atoms with E-state index in [1.165, 1.54) is 5.56 Å². The van der Waals surface area contributed by atoms with E-state index in [9.17, 15) is 5.11 Å².